The highest BCUT2D eigenvalue weighted by molar-refractivity contribution is 6.63. The summed E-state index contributed by atoms with van der Waals surface area (Å²) < 4.78 is 1.77. The Hall–Kier alpha value is -3.55. The van der Waals surface area contributed by atoms with Gasteiger partial charge in [-0.15, -0.1) is 10.2 Å². The van der Waals surface area contributed by atoms with Crippen LogP contribution >= 0.6 is 0 Å². The second-order valence-electron chi connectivity index (χ2n) is 7.83. The summed E-state index contributed by atoms with van der Waals surface area (Å²) in [6, 6.07) is 10.2. The first kappa shape index (κ1) is 19.4. The number of nitriles is 1. The molecule has 1 fully saturated rings. The standard InChI is InChI=1S/C21H21N9O/c22-8-1-9-30-13-15(11-24-30)14-2-4-16(5-3-14)21(25-17-6-7-18(31)10-17)23-12-19-20(26-21)28-29-27-19/h2-5,11-13,17-18,25,31H,1,6-7,9-10H2. The largest absolute Gasteiger partial charge is 0.393 e. The number of rotatable bonds is 6. The van der Waals surface area contributed by atoms with Crippen molar-refractivity contribution in [2.24, 2.45) is 25.4 Å². The molecule has 0 bridgehead atoms. The van der Waals surface area contributed by atoms with Crippen LogP contribution in [0.15, 0.2) is 62.1 Å². The number of aryl methyl sites for hydroxylation is 1. The van der Waals surface area contributed by atoms with Crippen LogP contribution in [0.3, 0.4) is 0 Å². The fraction of sp³-hybridized carbons (Fsp3) is 0.381. The summed E-state index contributed by atoms with van der Waals surface area (Å²) in [6.45, 7) is 0.569. The summed E-state index contributed by atoms with van der Waals surface area (Å²) >= 11 is 0. The van der Waals surface area contributed by atoms with Crippen molar-refractivity contribution in [3.8, 4) is 17.2 Å². The smallest absolute Gasteiger partial charge is 0.233 e. The van der Waals surface area contributed by atoms with E-state index in [0.717, 1.165) is 29.5 Å². The highest BCUT2D eigenvalue weighted by Crippen LogP contribution is 2.33. The Morgan fingerprint density at radius 2 is 2.10 bits per heavy atom. The predicted molar refractivity (Wildman–Crippen MR) is 115 cm³/mol. The van der Waals surface area contributed by atoms with Gasteiger partial charge >= 0.3 is 0 Å². The first-order valence-corrected chi connectivity index (χ1v) is 10.3. The van der Waals surface area contributed by atoms with E-state index in [9.17, 15) is 5.11 Å². The number of nitrogens with one attached hydrogen (secondary N) is 1. The Labute approximate surface area is 178 Å². The van der Waals surface area contributed by atoms with Crippen molar-refractivity contribution >= 4 is 17.8 Å². The second-order valence-corrected chi connectivity index (χ2v) is 7.83. The molecule has 2 aliphatic heterocycles. The third-order valence-corrected chi connectivity index (χ3v) is 5.68. The van der Waals surface area contributed by atoms with E-state index < -0.39 is 5.79 Å². The number of nitrogens with zero attached hydrogens (tertiary/aromatic N) is 8. The molecular formula is C21H21N9O. The van der Waals surface area contributed by atoms with Crippen LogP contribution < -0.4 is 5.32 Å². The number of amidine groups is 1. The normalized spacial score (nSPS) is 26.5. The Bertz CT molecular complexity index is 1140. The van der Waals surface area contributed by atoms with E-state index in [1.807, 2.05) is 30.5 Å². The summed E-state index contributed by atoms with van der Waals surface area (Å²) in [5.74, 6) is -0.592. The van der Waals surface area contributed by atoms with Gasteiger partial charge in [0.05, 0.1) is 37.6 Å². The molecule has 0 saturated heterocycles. The van der Waals surface area contributed by atoms with Gasteiger partial charge in [0, 0.05) is 23.4 Å². The van der Waals surface area contributed by atoms with Crippen molar-refractivity contribution in [1.82, 2.24) is 15.1 Å². The molecule has 31 heavy (non-hydrogen) atoms. The monoisotopic (exact) mass is 415 g/mol. The molecule has 0 radical (unpaired) electrons. The van der Waals surface area contributed by atoms with Crippen LogP contribution in [0.25, 0.3) is 11.1 Å². The molecular weight excluding hydrogens is 394 g/mol. The molecule has 3 atom stereocenters. The lowest BCUT2D eigenvalue weighted by Crippen LogP contribution is -2.47. The Kier molecular flexibility index (Phi) is 4.97. The Morgan fingerprint density at radius 3 is 2.87 bits per heavy atom. The summed E-state index contributed by atoms with van der Waals surface area (Å²) in [5.41, 5.74) is 3.39. The van der Waals surface area contributed by atoms with Gasteiger partial charge < -0.3 is 5.11 Å². The molecule has 10 nitrogen and oxygen atoms in total. The average molecular weight is 415 g/mol. The fourth-order valence-electron chi connectivity index (χ4n) is 4.07. The minimum Gasteiger partial charge on any atom is -0.393 e. The molecule has 0 spiro atoms. The number of hydrogen-bond acceptors (Lipinski definition) is 9. The highest BCUT2D eigenvalue weighted by Gasteiger charge is 2.39. The van der Waals surface area contributed by atoms with Crippen LogP contribution in [0.1, 0.15) is 31.2 Å². The van der Waals surface area contributed by atoms with Gasteiger partial charge in [-0.3, -0.25) is 10.00 Å². The SMILES string of the molecule is N#CCCn1cc(-c2ccc(C3(NC4CCC(O)C4)N=CC4=NN=NC4=N3)cc2)cn1. The van der Waals surface area contributed by atoms with Crippen LogP contribution in [-0.2, 0) is 12.3 Å². The van der Waals surface area contributed by atoms with E-state index in [2.05, 4.69) is 31.9 Å². The molecule has 3 unspecified atom stereocenters. The number of aliphatic imine (C=N–C) groups is 2. The molecule has 2 aromatic rings. The van der Waals surface area contributed by atoms with Gasteiger partial charge in [-0.05, 0) is 30.0 Å². The average Bonchev–Trinajstić information content (AvgIpc) is 3.53. The topological polar surface area (TPSA) is 136 Å². The number of benzene rings is 1. The van der Waals surface area contributed by atoms with Crippen LogP contribution in [0, 0.1) is 11.3 Å². The van der Waals surface area contributed by atoms with Gasteiger partial charge in [-0.1, -0.05) is 24.3 Å². The van der Waals surface area contributed by atoms with Gasteiger partial charge in [0.15, 0.2) is 5.71 Å². The number of aliphatic hydroxyl groups is 1. The minimum atomic E-state index is -1.04. The van der Waals surface area contributed by atoms with Crippen molar-refractivity contribution in [3.63, 3.8) is 0 Å². The molecule has 10 heteroatoms. The zero-order valence-electron chi connectivity index (χ0n) is 16.8. The molecule has 1 aromatic heterocycles. The molecule has 1 saturated carbocycles. The third-order valence-electron chi connectivity index (χ3n) is 5.68. The quantitative estimate of drug-likeness (QED) is 0.748. The zero-order valence-corrected chi connectivity index (χ0v) is 16.8. The Balaban J connectivity index is 1.44. The number of fused-ring (bicyclic) bond motifs is 1. The summed E-state index contributed by atoms with van der Waals surface area (Å²) in [5, 5.41) is 38.2. The second kappa shape index (κ2) is 7.94. The maximum absolute atomic E-state index is 9.96. The van der Waals surface area contributed by atoms with Crippen LogP contribution in [-0.4, -0.2) is 44.8 Å². The van der Waals surface area contributed by atoms with Gasteiger partial charge in [-0.2, -0.15) is 10.4 Å². The molecule has 3 aliphatic rings. The number of aliphatic hydroxyl groups excluding tert-OH is 1. The molecule has 2 N–H and O–H groups in total. The van der Waals surface area contributed by atoms with Crippen molar-refractivity contribution in [1.29, 1.82) is 5.26 Å². The van der Waals surface area contributed by atoms with Crippen LogP contribution in [0.5, 0.6) is 0 Å². The van der Waals surface area contributed by atoms with E-state index in [1.165, 1.54) is 0 Å². The van der Waals surface area contributed by atoms with E-state index >= 15 is 0 Å². The van der Waals surface area contributed by atoms with Gasteiger partial charge in [-0.25, -0.2) is 9.98 Å². The third kappa shape index (κ3) is 3.81. The van der Waals surface area contributed by atoms with Gasteiger partial charge in [0.25, 0.3) is 0 Å². The van der Waals surface area contributed by atoms with Crippen molar-refractivity contribution in [2.75, 3.05) is 0 Å². The Morgan fingerprint density at radius 1 is 1.23 bits per heavy atom. The highest BCUT2D eigenvalue weighted by atomic mass is 16.3. The molecule has 3 heterocycles. The molecule has 156 valence electrons. The minimum absolute atomic E-state index is 0.0892. The summed E-state index contributed by atoms with van der Waals surface area (Å²) in [7, 11) is 0. The maximum atomic E-state index is 9.96. The van der Waals surface area contributed by atoms with E-state index in [-0.39, 0.29) is 12.1 Å². The maximum Gasteiger partial charge on any atom is 0.233 e. The van der Waals surface area contributed by atoms with E-state index in [0.29, 0.717) is 30.9 Å². The lowest BCUT2D eigenvalue weighted by Gasteiger charge is -2.32. The first-order chi connectivity index (χ1) is 15.1. The molecule has 1 aromatic carbocycles. The summed E-state index contributed by atoms with van der Waals surface area (Å²) in [6.07, 6.45) is 7.75. The van der Waals surface area contributed by atoms with E-state index in [4.69, 9.17) is 15.2 Å². The van der Waals surface area contributed by atoms with Crippen LogP contribution in [0.2, 0.25) is 0 Å². The van der Waals surface area contributed by atoms with E-state index in [1.54, 1.807) is 17.1 Å². The zero-order chi connectivity index (χ0) is 21.3. The molecule has 5 rings (SSSR count). The van der Waals surface area contributed by atoms with Crippen LogP contribution in [0.4, 0.5) is 0 Å². The first-order valence-electron chi connectivity index (χ1n) is 10.3. The molecule has 1 aliphatic carbocycles. The van der Waals surface area contributed by atoms with Gasteiger partial charge in [0.2, 0.25) is 11.6 Å². The number of aromatic nitrogens is 2. The summed E-state index contributed by atoms with van der Waals surface area (Å²) in [4.78, 5) is 9.46. The fourth-order valence-corrected chi connectivity index (χ4v) is 4.07. The number of hydrogen-bond donors (Lipinski definition) is 2. The molecule has 0 amide bonds. The predicted octanol–water partition coefficient (Wildman–Crippen LogP) is 2.38. The van der Waals surface area contributed by atoms with Gasteiger partial charge in [0.1, 0.15) is 0 Å². The van der Waals surface area contributed by atoms with Crippen molar-refractivity contribution in [2.45, 2.75) is 50.2 Å². The lowest BCUT2D eigenvalue weighted by atomic mass is 10.0. The lowest BCUT2D eigenvalue weighted by molar-refractivity contribution is 0.176. The van der Waals surface area contributed by atoms with Crippen molar-refractivity contribution in [3.05, 3.63) is 42.2 Å². The van der Waals surface area contributed by atoms with Crippen molar-refractivity contribution < 1.29 is 5.11 Å².